The molecule has 40 heavy (non-hydrogen) atoms. The van der Waals surface area contributed by atoms with E-state index in [2.05, 4.69) is 15.4 Å². The zero-order valence-electron chi connectivity index (χ0n) is 21.3. The smallest absolute Gasteiger partial charge is 0.414 e. The Morgan fingerprint density at radius 2 is 1.93 bits per heavy atom. The number of halogens is 4. The normalized spacial score (nSPS) is 20.2. The molecule has 2 atom stereocenters. The fourth-order valence-corrected chi connectivity index (χ4v) is 5.15. The fourth-order valence-electron chi connectivity index (χ4n) is 5.15. The Labute approximate surface area is 225 Å². The van der Waals surface area contributed by atoms with Gasteiger partial charge < -0.3 is 20.9 Å². The molecule has 1 amide bonds. The maximum atomic E-state index is 14.2. The molecule has 6 rings (SSSR count). The van der Waals surface area contributed by atoms with E-state index in [9.17, 15) is 27.5 Å². The Balaban J connectivity index is 1.40. The number of hydrogen-bond donors (Lipinski definition) is 3. The van der Waals surface area contributed by atoms with Gasteiger partial charge in [-0.3, -0.25) is 9.48 Å². The van der Waals surface area contributed by atoms with Crippen molar-refractivity contribution in [2.24, 2.45) is 18.7 Å². The monoisotopic (exact) mass is 555 g/mol. The summed E-state index contributed by atoms with van der Waals surface area (Å²) < 4.78 is 63.2. The predicted octanol–water partition coefficient (Wildman–Crippen LogP) is 3.91. The second-order valence-electron chi connectivity index (χ2n) is 10.5. The van der Waals surface area contributed by atoms with Crippen molar-refractivity contribution >= 4 is 16.8 Å². The number of carbonyl (C=O) groups excluding carboxylic acids is 1. The molecular weight excluding hydrogens is 530 g/mol. The molecule has 3 heterocycles. The van der Waals surface area contributed by atoms with Crippen LogP contribution in [0.25, 0.3) is 22.2 Å². The molecule has 4 aromatic rings. The quantitative estimate of drug-likeness (QED) is 0.311. The van der Waals surface area contributed by atoms with E-state index in [4.69, 9.17) is 10.5 Å². The van der Waals surface area contributed by atoms with Crippen molar-refractivity contribution in [3.05, 3.63) is 77.4 Å². The molecule has 2 aromatic carbocycles. The van der Waals surface area contributed by atoms with Gasteiger partial charge in [-0.25, -0.2) is 9.37 Å². The van der Waals surface area contributed by atoms with Gasteiger partial charge in [0.2, 0.25) is 0 Å². The van der Waals surface area contributed by atoms with Crippen molar-refractivity contribution < 1.29 is 32.2 Å². The Morgan fingerprint density at radius 3 is 2.60 bits per heavy atom. The van der Waals surface area contributed by atoms with Crippen molar-refractivity contribution in [3.63, 3.8) is 0 Å². The summed E-state index contributed by atoms with van der Waals surface area (Å²) in [5, 5.41) is 19.7. The number of nitrogens with one attached hydrogen (secondary N) is 1. The number of aromatic nitrogens is 3. The summed E-state index contributed by atoms with van der Waals surface area (Å²) in [6.07, 6.45) is -1.93. The number of fused-ring (bicyclic) bond motifs is 2. The van der Waals surface area contributed by atoms with Crippen LogP contribution in [0.5, 0.6) is 5.75 Å². The number of hydrogen-bond acceptors (Lipinski definition) is 6. The highest BCUT2D eigenvalue weighted by atomic mass is 19.4. The highest BCUT2D eigenvalue weighted by molar-refractivity contribution is 5.97. The van der Waals surface area contributed by atoms with Crippen LogP contribution in [0.3, 0.4) is 0 Å². The van der Waals surface area contributed by atoms with Gasteiger partial charge in [0, 0.05) is 35.3 Å². The van der Waals surface area contributed by atoms with Gasteiger partial charge in [0.25, 0.3) is 5.91 Å². The highest BCUT2D eigenvalue weighted by Crippen LogP contribution is 2.52. The largest absolute Gasteiger partial charge is 0.488 e. The molecule has 1 fully saturated rings. The molecule has 1 aliphatic carbocycles. The molecule has 4 N–H and O–H groups in total. The molecule has 12 heteroatoms. The van der Waals surface area contributed by atoms with Crippen molar-refractivity contribution in [1.29, 1.82) is 0 Å². The lowest BCUT2D eigenvalue weighted by Gasteiger charge is -2.31. The third-order valence-electron chi connectivity index (χ3n) is 7.62. The van der Waals surface area contributed by atoms with Crippen LogP contribution < -0.4 is 15.8 Å². The zero-order chi connectivity index (χ0) is 28.4. The Bertz CT molecular complexity index is 1630. The number of amides is 1. The number of carbonyl (C=O) groups is 1. The number of pyridine rings is 1. The Hall–Kier alpha value is -4.03. The maximum absolute atomic E-state index is 14.2. The van der Waals surface area contributed by atoms with Gasteiger partial charge in [0.15, 0.2) is 11.3 Å². The molecule has 208 valence electrons. The van der Waals surface area contributed by atoms with Crippen molar-refractivity contribution in [1.82, 2.24) is 20.1 Å². The summed E-state index contributed by atoms with van der Waals surface area (Å²) >= 11 is 0. The fraction of sp³-hybridized carbons (Fsp3) is 0.321. The average Bonchev–Trinajstić information content (AvgIpc) is 3.62. The van der Waals surface area contributed by atoms with Crippen LogP contribution in [0.2, 0.25) is 0 Å². The minimum Gasteiger partial charge on any atom is -0.488 e. The van der Waals surface area contributed by atoms with Crippen LogP contribution in [0, 0.1) is 11.7 Å². The number of benzene rings is 2. The first-order valence-electron chi connectivity index (χ1n) is 12.6. The van der Waals surface area contributed by atoms with Crippen LogP contribution in [0.4, 0.5) is 17.6 Å². The topological polar surface area (TPSA) is 115 Å². The molecule has 0 radical (unpaired) electrons. The van der Waals surface area contributed by atoms with E-state index in [0.29, 0.717) is 23.9 Å². The van der Waals surface area contributed by atoms with Gasteiger partial charge in [-0.2, -0.15) is 18.3 Å². The number of nitrogens with zero attached hydrogens (tertiary/aromatic N) is 3. The van der Waals surface area contributed by atoms with Crippen LogP contribution in [-0.2, 0) is 18.2 Å². The van der Waals surface area contributed by atoms with Gasteiger partial charge in [0.1, 0.15) is 23.7 Å². The van der Waals surface area contributed by atoms with Crippen LogP contribution in [0.1, 0.15) is 34.5 Å². The SMILES string of the molecule is Cn1cc2cc(C(=O)NC[C@](O)(c3cc4c(c(-c5ccc(F)cc5)n3)OC[C@@]4(N)C(F)(F)F)C3CC3)ccc2n1. The van der Waals surface area contributed by atoms with Crippen LogP contribution in [0.15, 0.2) is 54.7 Å². The minimum atomic E-state index is -4.87. The first-order valence-corrected chi connectivity index (χ1v) is 12.6. The Morgan fingerprint density at radius 1 is 1.20 bits per heavy atom. The first kappa shape index (κ1) is 26.2. The van der Waals surface area contributed by atoms with E-state index in [1.807, 2.05) is 0 Å². The molecule has 1 saturated carbocycles. The van der Waals surface area contributed by atoms with Gasteiger partial charge in [0.05, 0.1) is 17.8 Å². The Kier molecular flexibility index (Phi) is 5.89. The molecule has 2 aromatic heterocycles. The third kappa shape index (κ3) is 4.27. The molecule has 1 aliphatic heterocycles. The lowest BCUT2D eigenvalue weighted by atomic mass is 9.86. The van der Waals surface area contributed by atoms with E-state index in [0.717, 1.165) is 23.6 Å². The molecule has 0 spiro atoms. The van der Waals surface area contributed by atoms with Gasteiger partial charge in [-0.15, -0.1) is 0 Å². The van der Waals surface area contributed by atoms with Crippen LogP contribution >= 0.6 is 0 Å². The molecule has 0 bridgehead atoms. The lowest BCUT2D eigenvalue weighted by molar-refractivity contribution is -0.191. The van der Waals surface area contributed by atoms with E-state index in [1.165, 1.54) is 12.1 Å². The summed E-state index contributed by atoms with van der Waals surface area (Å²) in [5.74, 6) is -1.55. The van der Waals surface area contributed by atoms with Crippen molar-refractivity contribution in [2.45, 2.75) is 30.2 Å². The summed E-state index contributed by atoms with van der Waals surface area (Å²) in [4.78, 5) is 17.6. The summed E-state index contributed by atoms with van der Waals surface area (Å²) in [7, 11) is 1.76. The lowest BCUT2D eigenvalue weighted by Crippen LogP contribution is -2.52. The number of ether oxygens (including phenoxy) is 1. The van der Waals surface area contributed by atoms with E-state index in [1.54, 1.807) is 36.1 Å². The number of aliphatic hydroxyl groups is 1. The zero-order valence-corrected chi connectivity index (χ0v) is 21.3. The number of rotatable bonds is 6. The summed E-state index contributed by atoms with van der Waals surface area (Å²) in [6, 6.07) is 11.1. The minimum absolute atomic E-state index is 0.00324. The van der Waals surface area contributed by atoms with E-state index >= 15 is 0 Å². The third-order valence-corrected chi connectivity index (χ3v) is 7.62. The average molecular weight is 556 g/mol. The molecule has 8 nitrogen and oxygen atoms in total. The number of alkyl halides is 3. The molecule has 2 aliphatic rings. The van der Waals surface area contributed by atoms with Gasteiger partial charge >= 0.3 is 6.18 Å². The number of aryl methyl sites for hydroxylation is 1. The van der Waals surface area contributed by atoms with Crippen molar-refractivity contribution in [3.8, 4) is 17.0 Å². The second-order valence-corrected chi connectivity index (χ2v) is 10.5. The van der Waals surface area contributed by atoms with Crippen LogP contribution in [-0.4, -0.2) is 45.1 Å². The molecule has 0 unspecified atom stereocenters. The predicted molar refractivity (Wildman–Crippen MR) is 137 cm³/mol. The molecular formula is C28H25F4N5O3. The molecule has 0 saturated heterocycles. The maximum Gasteiger partial charge on any atom is 0.414 e. The van der Waals surface area contributed by atoms with E-state index in [-0.39, 0.29) is 40.7 Å². The highest BCUT2D eigenvalue weighted by Gasteiger charge is 2.59. The van der Waals surface area contributed by atoms with Gasteiger partial charge in [-0.05, 0) is 67.3 Å². The summed E-state index contributed by atoms with van der Waals surface area (Å²) in [6.45, 7) is -1.18. The number of nitrogens with two attached hydrogens (primary N) is 1. The summed E-state index contributed by atoms with van der Waals surface area (Å²) in [5.41, 5.74) is 2.10. The van der Waals surface area contributed by atoms with Gasteiger partial charge in [-0.1, -0.05) is 0 Å². The standard InChI is InChI=1S/C28H25F4N5O3/c1-37-12-17-10-16(4-9-21(17)36-37)25(38)34-13-26(39,18-5-6-18)22-11-20-24(40-14-27(20,33)28(30,31)32)23(35-22)15-2-7-19(29)8-3-15/h2-4,7-12,18,39H,5-6,13-14,33H2,1H3,(H,34,38)/t26-,27+/m1/s1. The first-order chi connectivity index (χ1) is 18.9. The second kappa shape index (κ2) is 9.00. The van der Waals surface area contributed by atoms with Crippen molar-refractivity contribution in [2.75, 3.05) is 13.2 Å². The van der Waals surface area contributed by atoms with E-state index < -0.39 is 35.6 Å².